The Morgan fingerprint density at radius 3 is 2.79 bits per heavy atom. The second-order valence-electron chi connectivity index (χ2n) is 4.74. The number of esters is 1. The molecule has 124 valence electrons. The van der Waals surface area contributed by atoms with Gasteiger partial charge in [-0.25, -0.2) is 0 Å². The number of carbonyl (C=O) groups is 1. The molecule has 2 aromatic heterocycles. The summed E-state index contributed by atoms with van der Waals surface area (Å²) >= 11 is 3.41. The zero-order chi connectivity index (χ0) is 16.9. The van der Waals surface area contributed by atoms with Crippen LogP contribution in [0.2, 0.25) is 0 Å². The van der Waals surface area contributed by atoms with Gasteiger partial charge in [0.25, 0.3) is 5.89 Å². The van der Waals surface area contributed by atoms with Gasteiger partial charge in [0.2, 0.25) is 5.89 Å². The summed E-state index contributed by atoms with van der Waals surface area (Å²) in [6.07, 6.45) is -0.0811. The number of methoxy groups -OCH3 is 1. The van der Waals surface area contributed by atoms with Gasteiger partial charge in [-0.15, -0.1) is 10.2 Å². The third kappa shape index (κ3) is 3.83. The molecule has 0 amide bonds. The van der Waals surface area contributed by atoms with Gasteiger partial charge >= 0.3 is 5.97 Å². The van der Waals surface area contributed by atoms with E-state index < -0.39 is 5.97 Å². The van der Waals surface area contributed by atoms with Crippen LogP contribution in [0.1, 0.15) is 11.7 Å². The van der Waals surface area contributed by atoms with E-state index in [4.69, 9.17) is 13.6 Å². The number of hydrogen-bond acceptors (Lipinski definition) is 7. The third-order valence-corrected chi connectivity index (χ3v) is 3.72. The van der Waals surface area contributed by atoms with Crippen molar-refractivity contribution in [3.63, 3.8) is 0 Å². The van der Waals surface area contributed by atoms with Gasteiger partial charge in [0.1, 0.15) is 24.5 Å². The molecule has 0 radical (unpaired) electrons. The number of rotatable bonds is 6. The number of nitrogens with zero attached hydrogens (tertiary/aromatic N) is 2. The standard InChI is InChI=1S/C16H13BrN2O5/c1-21-15(20)8-14-18-19-16(24-14)13-7-6-10(23-13)9-22-12-5-3-2-4-11(12)17/h2-7H,8-9H2,1H3. The average molecular weight is 393 g/mol. The number of carbonyl (C=O) groups excluding carboxylic acids is 1. The SMILES string of the molecule is COC(=O)Cc1nnc(-c2ccc(COc3ccccc3Br)o2)o1. The first-order chi connectivity index (χ1) is 11.7. The molecule has 0 fully saturated rings. The maximum atomic E-state index is 11.2. The van der Waals surface area contributed by atoms with Crippen LogP contribution in [0, 0.1) is 0 Å². The molecule has 0 unspecified atom stereocenters. The van der Waals surface area contributed by atoms with Crippen LogP contribution in [-0.2, 0) is 22.6 Å². The number of ether oxygens (including phenoxy) is 2. The summed E-state index contributed by atoms with van der Waals surface area (Å²) in [6, 6.07) is 11.0. The highest BCUT2D eigenvalue weighted by Gasteiger charge is 2.15. The number of furan rings is 1. The van der Waals surface area contributed by atoms with E-state index in [0.29, 0.717) is 17.3 Å². The van der Waals surface area contributed by atoms with E-state index in [9.17, 15) is 4.79 Å². The van der Waals surface area contributed by atoms with Crippen molar-refractivity contribution in [3.8, 4) is 17.4 Å². The summed E-state index contributed by atoms with van der Waals surface area (Å²) in [5.41, 5.74) is 0. The van der Waals surface area contributed by atoms with Gasteiger partial charge in [0.05, 0.1) is 11.6 Å². The zero-order valence-corrected chi connectivity index (χ0v) is 14.3. The van der Waals surface area contributed by atoms with Gasteiger partial charge in [0.15, 0.2) is 5.76 Å². The molecule has 24 heavy (non-hydrogen) atoms. The Bertz CT molecular complexity index is 842. The van der Waals surface area contributed by atoms with Gasteiger partial charge in [-0.3, -0.25) is 4.79 Å². The van der Waals surface area contributed by atoms with Crippen molar-refractivity contribution < 1.29 is 23.1 Å². The van der Waals surface area contributed by atoms with Crippen molar-refractivity contribution in [2.45, 2.75) is 13.0 Å². The fraction of sp³-hybridized carbons (Fsp3) is 0.188. The highest BCUT2D eigenvalue weighted by molar-refractivity contribution is 9.10. The minimum absolute atomic E-state index is 0.0811. The number of halogens is 1. The molecule has 0 bridgehead atoms. The highest BCUT2D eigenvalue weighted by atomic mass is 79.9. The van der Waals surface area contributed by atoms with Gasteiger partial charge in [-0.1, -0.05) is 12.1 Å². The summed E-state index contributed by atoms with van der Waals surface area (Å²) in [4.78, 5) is 11.2. The van der Waals surface area contributed by atoms with Gasteiger partial charge in [-0.05, 0) is 40.2 Å². The first-order valence-corrected chi connectivity index (χ1v) is 7.80. The van der Waals surface area contributed by atoms with E-state index in [1.165, 1.54) is 7.11 Å². The van der Waals surface area contributed by atoms with Crippen LogP contribution in [0.3, 0.4) is 0 Å². The largest absolute Gasteiger partial charge is 0.484 e. The summed E-state index contributed by atoms with van der Waals surface area (Å²) in [6.45, 7) is 0.256. The van der Waals surface area contributed by atoms with Crippen LogP contribution >= 0.6 is 15.9 Å². The van der Waals surface area contributed by atoms with Crippen LogP contribution < -0.4 is 4.74 Å². The molecular weight excluding hydrogens is 380 g/mol. The van der Waals surface area contributed by atoms with Crippen LogP contribution in [-0.4, -0.2) is 23.3 Å². The Labute approximate surface area is 145 Å². The van der Waals surface area contributed by atoms with Crippen LogP contribution in [0.15, 0.2) is 49.7 Å². The normalized spacial score (nSPS) is 10.6. The number of benzene rings is 1. The Balaban J connectivity index is 1.65. The molecule has 0 aliphatic rings. The number of para-hydroxylation sites is 1. The van der Waals surface area contributed by atoms with Crippen LogP contribution in [0.4, 0.5) is 0 Å². The molecule has 0 saturated carbocycles. The van der Waals surface area contributed by atoms with E-state index in [-0.39, 0.29) is 24.8 Å². The first-order valence-electron chi connectivity index (χ1n) is 7.01. The van der Waals surface area contributed by atoms with Gasteiger partial charge < -0.3 is 18.3 Å². The minimum atomic E-state index is -0.452. The first kappa shape index (κ1) is 16.3. The molecule has 0 saturated heterocycles. The van der Waals surface area contributed by atoms with Crippen LogP contribution in [0.5, 0.6) is 5.75 Å². The molecule has 0 N–H and O–H groups in total. The second kappa shape index (κ2) is 7.31. The molecule has 7 nitrogen and oxygen atoms in total. The molecule has 8 heteroatoms. The van der Waals surface area contributed by atoms with Crippen molar-refractivity contribution in [1.29, 1.82) is 0 Å². The van der Waals surface area contributed by atoms with E-state index >= 15 is 0 Å². The average Bonchev–Trinajstić information content (AvgIpc) is 3.23. The predicted octanol–water partition coefficient (Wildman–Crippen LogP) is 3.39. The lowest BCUT2D eigenvalue weighted by atomic mass is 10.3. The predicted molar refractivity (Wildman–Crippen MR) is 86.2 cm³/mol. The monoisotopic (exact) mass is 392 g/mol. The smallest absolute Gasteiger partial charge is 0.315 e. The second-order valence-corrected chi connectivity index (χ2v) is 5.59. The zero-order valence-electron chi connectivity index (χ0n) is 12.7. The topological polar surface area (TPSA) is 87.6 Å². The van der Waals surface area contributed by atoms with Crippen molar-refractivity contribution in [2.24, 2.45) is 0 Å². The molecular formula is C16H13BrN2O5. The molecule has 3 aromatic rings. The summed E-state index contributed by atoms with van der Waals surface area (Å²) in [5, 5.41) is 7.63. The van der Waals surface area contributed by atoms with E-state index in [0.717, 1.165) is 4.47 Å². The molecule has 3 rings (SSSR count). The fourth-order valence-electron chi connectivity index (χ4n) is 1.90. The van der Waals surface area contributed by atoms with Crippen molar-refractivity contribution in [1.82, 2.24) is 10.2 Å². The molecule has 2 heterocycles. The molecule has 0 atom stereocenters. The Hall–Kier alpha value is -2.61. The fourth-order valence-corrected chi connectivity index (χ4v) is 2.30. The van der Waals surface area contributed by atoms with Crippen molar-refractivity contribution in [3.05, 3.63) is 52.5 Å². The maximum Gasteiger partial charge on any atom is 0.315 e. The Kier molecular flexibility index (Phi) is 4.95. The summed E-state index contributed by atoms with van der Waals surface area (Å²) in [7, 11) is 1.30. The third-order valence-electron chi connectivity index (χ3n) is 3.07. The lowest BCUT2D eigenvalue weighted by molar-refractivity contribution is -0.140. The van der Waals surface area contributed by atoms with Crippen LogP contribution in [0.25, 0.3) is 11.7 Å². The Morgan fingerprint density at radius 2 is 2.00 bits per heavy atom. The van der Waals surface area contributed by atoms with Crippen molar-refractivity contribution in [2.75, 3.05) is 7.11 Å². The lowest BCUT2D eigenvalue weighted by Crippen LogP contribution is -2.04. The minimum Gasteiger partial charge on any atom is -0.484 e. The maximum absolute atomic E-state index is 11.2. The highest BCUT2D eigenvalue weighted by Crippen LogP contribution is 2.26. The Morgan fingerprint density at radius 1 is 1.17 bits per heavy atom. The number of aromatic nitrogens is 2. The quantitative estimate of drug-likeness (QED) is 0.594. The van der Waals surface area contributed by atoms with Gasteiger partial charge in [0, 0.05) is 0 Å². The summed E-state index contributed by atoms with van der Waals surface area (Å²) in [5.74, 6) is 1.64. The molecule has 0 aliphatic heterocycles. The van der Waals surface area contributed by atoms with Gasteiger partial charge in [-0.2, -0.15) is 0 Å². The van der Waals surface area contributed by atoms with E-state index in [2.05, 4.69) is 30.9 Å². The van der Waals surface area contributed by atoms with E-state index in [1.807, 2.05) is 24.3 Å². The van der Waals surface area contributed by atoms with Crippen molar-refractivity contribution >= 4 is 21.9 Å². The summed E-state index contributed by atoms with van der Waals surface area (Å²) < 4.78 is 22.1. The molecule has 0 aliphatic carbocycles. The lowest BCUT2D eigenvalue weighted by Gasteiger charge is -2.05. The molecule has 1 aromatic carbocycles. The molecule has 0 spiro atoms. The number of hydrogen-bond donors (Lipinski definition) is 0. The van der Waals surface area contributed by atoms with E-state index in [1.54, 1.807) is 12.1 Å².